The Morgan fingerprint density at radius 3 is 2.82 bits per heavy atom. The molecule has 0 aromatic carbocycles. The third-order valence-electron chi connectivity index (χ3n) is 6.40. The van der Waals surface area contributed by atoms with Gasteiger partial charge in [0.15, 0.2) is 5.17 Å². The largest absolute Gasteiger partial charge is 0.477 e. The minimum atomic E-state index is -1.08. The molecule has 176 valence electrons. The maximum atomic E-state index is 13.0. The molecular formula is C19H24N8O4S2. The Bertz CT molecular complexity index is 1040. The summed E-state index contributed by atoms with van der Waals surface area (Å²) in [5, 5.41) is 24.7. The first-order valence-corrected chi connectivity index (χ1v) is 12.6. The normalized spacial score (nSPS) is 27.8. The standard InChI is InChI=1S/C19H24N8O4S2/c1-9-14-13(10(2)22-12(28)7-26-8-21-23-24-26)17(29)27(14)15(18(30)31)16(9)33-11-5-25(6-11)19-20-3-4-32-19/h8-11,13-14H,3-7H2,1-2H3,(H,22,28)(H,30,31)/t9-,10-,13-,14+/m1/s1. The highest BCUT2D eigenvalue weighted by Crippen LogP contribution is 2.52. The van der Waals surface area contributed by atoms with Gasteiger partial charge in [-0.15, -0.1) is 16.9 Å². The van der Waals surface area contributed by atoms with Crippen LogP contribution in [0.3, 0.4) is 0 Å². The molecule has 0 aliphatic carbocycles. The molecule has 4 aliphatic heterocycles. The average molecular weight is 493 g/mol. The van der Waals surface area contributed by atoms with Crippen LogP contribution in [0.2, 0.25) is 0 Å². The van der Waals surface area contributed by atoms with Crippen LogP contribution in [-0.4, -0.2) is 101 Å². The molecule has 2 saturated heterocycles. The van der Waals surface area contributed by atoms with Gasteiger partial charge in [-0.05, 0) is 17.4 Å². The highest BCUT2D eigenvalue weighted by atomic mass is 32.2. The van der Waals surface area contributed by atoms with Crippen LogP contribution in [0.4, 0.5) is 0 Å². The average Bonchev–Trinajstić information content (AvgIpc) is 3.46. The second-order valence-corrected chi connectivity index (χ2v) is 11.0. The Kier molecular flexibility index (Phi) is 5.80. The van der Waals surface area contributed by atoms with Crippen molar-refractivity contribution in [2.75, 3.05) is 25.4 Å². The quantitative estimate of drug-likeness (QED) is 0.476. The molecule has 0 saturated carbocycles. The molecule has 1 aromatic heterocycles. The number of carbonyl (C=O) groups is 3. The third-order valence-corrected chi connectivity index (χ3v) is 8.88. The van der Waals surface area contributed by atoms with Gasteiger partial charge in [-0.2, -0.15) is 0 Å². The molecular weight excluding hydrogens is 468 g/mol. The van der Waals surface area contributed by atoms with Crippen molar-refractivity contribution in [3.05, 3.63) is 16.9 Å². The van der Waals surface area contributed by atoms with Crippen LogP contribution in [0.5, 0.6) is 0 Å². The van der Waals surface area contributed by atoms with E-state index in [2.05, 4.69) is 30.7 Å². The number of rotatable bonds is 7. The van der Waals surface area contributed by atoms with E-state index in [1.807, 2.05) is 6.92 Å². The summed E-state index contributed by atoms with van der Waals surface area (Å²) in [4.78, 5) is 46.3. The number of aliphatic carboxylic acids is 1. The fraction of sp³-hybridized carbons (Fsp3) is 0.632. The van der Waals surface area contributed by atoms with E-state index in [9.17, 15) is 19.5 Å². The molecule has 0 unspecified atom stereocenters. The number of fused-ring (bicyclic) bond motifs is 1. The minimum absolute atomic E-state index is 0.0519. The van der Waals surface area contributed by atoms with Crippen molar-refractivity contribution in [2.45, 2.75) is 37.7 Å². The van der Waals surface area contributed by atoms with Crippen molar-refractivity contribution in [3.8, 4) is 0 Å². The summed E-state index contributed by atoms with van der Waals surface area (Å²) in [6, 6.07) is -0.721. The number of nitrogens with one attached hydrogen (secondary N) is 1. The molecule has 1 aromatic rings. The van der Waals surface area contributed by atoms with Crippen molar-refractivity contribution < 1.29 is 19.5 Å². The van der Waals surface area contributed by atoms with Gasteiger partial charge in [0, 0.05) is 41.0 Å². The summed E-state index contributed by atoms with van der Waals surface area (Å²) in [6.45, 7) is 6.20. The molecule has 0 radical (unpaired) electrons. The molecule has 5 rings (SSSR count). The number of likely N-dealkylation sites (tertiary alicyclic amines) is 1. The number of hydrogen-bond donors (Lipinski definition) is 2. The van der Waals surface area contributed by atoms with Gasteiger partial charge >= 0.3 is 5.97 Å². The van der Waals surface area contributed by atoms with Gasteiger partial charge in [0.25, 0.3) is 0 Å². The number of aromatic nitrogens is 4. The van der Waals surface area contributed by atoms with E-state index in [0.29, 0.717) is 0 Å². The Morgan fingerprint density at radius 1 is 1.39 bits per heavy atom. The van der Waals surface area contributed by atoms with Crippen molar-refractivity contribution in [1.82, 2.24) is 35.3 Å². The lowest BCUT2D eigenvalue weighted by Gasteiger charge is -2.47. The van der Waals surface area contributed by atoms with Crippen LogP contribution >= 0.6 is 23.5 Å². The number of β-lactam (4-membered cyclic amide) rings is 1. The molecule has 0 spiro atoms. The van der Waals surface area contributed by atoms with Gasteiger partial charge in [0.1, 0.15) is 18.6 Å². The minimum Gasteiger partial charge on any atom is -0.477 e. The maximum Gasteiger partial charge on any atom is 0.353 e. The summed E-state index contributed by atoms with van der Waals surface area (Å²) >= 11 is 3.33. The van der Waals surface area contributed by atoms with Gasteiger partial charge in [0.05, 0.1) is 18.5 Å². The molecule has 5 heterocycles. The monoisotopic (exact) mass is 492 g/mol. The lowest BCUT2D eigenvalue weighted by molar-refractivity contribution is -0.158. The number of amidine groups is 1. The van der Waals surface area contributed by atoms with Crippen LogP contribution in [-0.2, 0) is 20.9 Å². The fourth-order valence-corrected chi connectivity index (χ4v) is 7.25. The van der Waals surface area contributed by atoms with E-state index in [1.165, 1.54) is 15.9 Å². The Morgan fingerprint density at radius 2 is 2.18 bits per heavy atom. The maximum absolute atomic E-state index is 13.0. The van der Waals surface area contributed by atoms with Gasteiger partial charge in [-0.3, -0.25) is 14.6 Å². The predicted octanol–water partition coefficient (Wildman–Crippen LogP) is -0.529. The van der Waals surface area contributed by atoms with E-state index >= 15 is 0 Å². The highest BCUT2D eigenvalue weighted by molar-refractivity contribution is 8.14. The Hall–Kier alpha value is -2.61. The van der Waals surface area contributed by atoms with E-state index in [0.717, 1.165) is 35.5 Å². The molecule has 2 N–H and O–H groups in total. The number of tetrazole rings is 1. The van der Waals surface area contributed by atoms with Crippen LogP contribution < -0.4 is 5.32 Å². The van der Waals surface area contributed by atoms with Gasteiger partial charge in [-0.25, -0.2) is 9.48 Å². The predicted molar refractivity (Wildman–Crippen MR) is 121 cm³/mol. The zero-order chi connectivity index (χ0) is 23.3. The van der Waals surface area contributed by atoms with Crippen molar-refractivity contribution in [2.24, 2.45) is 16.8 Å². The highest BCUT2D eigenvalue weighted by Gasteiger charge is 2.60. The van der Waals surface area contributed by atoms with E-state index in [-0.39, 0.29) is 41.3 Å². The summed E-state index contributed by atoms with van der Waals surface area (Å²) in [6.07, 6.45) is 1.34. The van der Waals surface area contributed by atoms with Gasteiger partial charge < -0.3 is 20.2 Å². The molecule has 14 heteroatoms. The summed E-state index contributed by atoms with van der Waals surface area (Å²) in [5.41, 5.74) is 0.0944. The second kappa shape index (κ2) is 8.63. The lowest BCUT2D eigenvalue weighted by atomic mass is 9.78. The Labute approximate surface area is 198 Å². The molecule has 4 aliphatic rings. The van der Waals surface area contributed by atoms with Crippen molar-refractivity contribution in [3.63, 3.8) is 0 Å². The number of thioether (sulfide) groups is 2. The van der Waals surface area contributed by atoms with Crippen LogP contribution in [0, 0.1) is 11.8 Å². The molecule has 12 nitrogen and oxygen atoms in total. The fourth-order valence-electron chi connectivity index (χ4n) is 4.85. The number of carbonyl (C=O) groups excluding carboxylic acids is 2. The lowest BCUT2D eigenvalue weighted by Crippen LogP contribution is -2.66. The number of hydrogen-bond acceptors (Lipinski definition) is 10. The smallest absolute Gasteiger partial charge is 0.353 e. The van der Waals surface area contributed by atoms with Gasteiger partial charge in [-0.1, -0.05) is 18.7 Å². The first-order chi connectivity index (χ1) is 15.8. The summed E-state index contributed by atoms with van der Waals surface area (Å²) < 4.78 is 1.30. The number of carboxylic acids is 1. The van der Waals surface area contributed by atoms with Gasteiger partial charge in [0.2, 0.25) is 11.8 Å². The summed E-state index contributed by atoms with van der Waals surface area (Å²) in [7, 11) is 0. The van der Waals surface area contributed by atoms with E-state index < -0.39 is 17.9 Å². The molecule has 33 heavy (non-hydrogen) atoms. The van der Waals surface area contributed by atoms with Crippen LogP contribution in [0.25, 0.3) is 0 Å². The molecule has 0 bridgehead atoms. The summed E-state index contributed by atoms with van der Waals surface area (Å²) in [5.74, 6) is -1.24. The van der Waals surface area contributed by atoms with E-state index in [4.69, 9.17) is 0 Å². The van der Waals surface area contributed by atoms with Crippen LogP contribution in [0.15, 0.2) is 21.9 Å². The van der Waals surface area contributed by atoms with E-state index in [1.54, 1.807) is 30.4 Å². The number of carboxylic acid groups (broad SMARTS) is 1. The zero-order valence-corrected chi connectivity index (χ0v) is 19.8. The van der Waals surface area contributed by atoms with Crippen molar-refractivity contribution >= 4 is 46.5 Å². The third kappa shape index (κ3) is 3.88. The molecule has 4 atom stereocenters. The number of amides is 2. The SMILES string of the molecule is C[C@@H](NC(=O)Cn1cnnn1)[C@H]1C(=O)N2C(C(=O)O)=C(SC3CN(C4=NCCS4)C3)[C@H](C)[C@@H]12. The first-order valence-electron chi connectivity index (χ1n) is 10.7. The number of nitrogens with zero attached hydrogens (tertiary/aromatic N) is 7. The number of aliphatic imine (C=N–C) groups is 1. The Balaban J connectivity index is 1.24. The van der Waals surface area contributed by atoms with Crippen molar-refractivity contribution in [1.29, 1.82) is 0 Å². The molecule has 2 fully saturated rings. The second-order valence-electron chi connectivity index (χ2n) is 8.55. The molecule has 2 amide bonds. The van der Waals surface area contributed by atoms with Crippen LogP contribution in [0.1, 0.15) is 13.8 Å². The topological polar surface area (TPSA) is 146 Å². The zero-order valence-electron chi connectivity index (χ0n) is 18.1. The first kappa shape index (κ1) is 22.2.